The number of pyridine rings is 1. The number of ketones is 1. The van der Waals surface area contributed by atoms with Crippen LogP contribution < -0.4 is 0 Å². The molecule has 0 bridgehead atoms. The zero-order valence-electron chi connectivity index (χ0n) is 10.3. The van der Waals surface area contributed by atoms with Gasteiger partial charge in [0.15, 0.2) is 5.78 Å². The number of rotatable bonds is 5. The molecule has 0 aliphatic carbocycles. The molecule has 17 heavy (non-hydrogen) atoms. The second-order valence-electron chi connectivity index (χ2n) is 4.62. The molecule has 0 saturated carbocycles. The lowest BCUT2D eigenvalue weighted by Crippen LogP contribution is -2.08. The Morgan fingerprint density at radius 1 is 1.59 bits per heavy atom. The maximum atomic E-state index is 11.9. The molecular formula is C14H19NO2. The first-order chi connectivity index (χ1) is 8.27. The summed E-state index contributed by atoms with van der Waals surface area (Å²) in [6, 6.07) is 3.79. The average molecular weight is 233 g/mol. The van der Waals surface area contributed by atoms with E-state index in [0.717, 1.165) is 37.9 Å². The highest BCUT2D eigenvalue weighted by molar-refractivity contribution is 5.95. The Balaban J connectivity index is 1.79. The van der Waals surface area contributed by atoms with Crippen molar-refractivity contribution in [3.63, 3.8) is 0 Å². The molecule has 1 saturated heterocycles. The van der Waals surface area contributed by atoms with E-state index in [1.165, 1.54) is 0 Å². The fourth-order valence-corrected chi connectivity index (χ4v) is 2.26. The van der Waals surface area contributed by atoms with Gasteiger partial charge < -0.3 is 4.74 Å². The van der Waals surface area contributed by atoms with Crippen LogP contribution in [0, 0.1) is 6.92 Å². The number of nitrogens with zero attached hydrogens (tertiary/aromatic N) is 1. The number of Topliss-reactive ketones (excluding diaryl/α,β-unsaturated/α-hetero) is 1. The van der Waals surface area contributed by atoms with Gasteiger partial charge in [0.25, 0.3) is 0 Å². The van der Waals surface area contributed by atoms with E-state index in [9.17, 15) is 4.79 Å². The van der Waals surface area contributed by atoms with Gasteiger partial charge in [0.1, 0.15) is 5.69 Å². The number of aromatic nitrogens is 1. The third-order valence-corrected chi connectivity index (χ3v) is 3.23. The van der Waals surface area contributed by atoms with Crippen LogP contribution in [0.2, 0.25) is 0 Å². The summed E-state index contributed by atoms with van der Waals surface area (Å²) >= 11 is 0. The van der Waals surface area contributed by atoms with Crippen LogP contribution in [-0.4, -0.2) is 23.5 Å². The fraction of sp³-hybridized carbons (Fsp3) is 0.571. The molecule has 0 spiro atoms. The van der Waals surface area contributed by atoms with Crippen molar-refractivity contribution in [3.8, 4) is 0 Å². The smallest absolute Gasteiger partial charge is 0.181 e. The van der Waals surface area contributed by atoms with Crippen molar-refractivity contribution in [1.82, 2.24) is 4.98 Å². The van der Waals surface area contributed by atoms with E-state index in [2.05, 4.69) is 4.98 Å². The van der Waals surface area contributed by atoms with E-state index >= 15 is 0 Å². The Morgan fingerprint density at radius 3 is 3.18 bits per heavy atom. The standard InChI is InChI=1S/C14H19NO2/c1-11-5-3-9-15-14(11)13(16)8-2-6-12-7-4-10-17-12/h3,5,9,12H,2,4,6-8,10H2,1H3. The number of aryl methyl sites for hydroxylation is 1. The SMILES string of the molecule is Cc1cccnc1C(=O)CCCC1CCCO1. The highest BCUT2D eigenvalue weighted by Crippen LogP contribution is 2.18. The van der Waals surface area contributed by atoms with Crippen molar-refractivity contribution in [3.05, 3.63) is 29.6 Å². The van der Waals surface area contributed by atoms with E-state index in [0.29, 0.717) is 18.2 Å². The van der Waals surface area contributed by atoms with Crippen molar-refractivity contribution in [2.75, 3.05) is 6.61 Å². The first-order valence-corrected chi connectivity index (χ1v) is 6.34. The minimum Gasteiger partial charge on any atom is -0.378 e. The molecule has 1 atom stereocenters. The third-order valence-electron chi connectivity index (χ3n) is 3.23. The molecule has 1 aromatic rings. The molecule has 1 aliphatic heterocycles. The molecule has 0 N–H and O–H groups in total. The van der Waals surface area contributed by atoms with E-state index in [-0.39, 0.29) is 5.78 Å². The van der Waals surface area contributed by atoms with E-state index in [1.54, 1.807) is 6.20 Å². The normalized spacial score (nSPS) is 19.5. The number of carbonyl (C=O) groups excluding carboxylic acids is 1. The molecule has 1 unspecified atom stereocenters. The van der Waals surface area contributed by atoms with Gasteiger partial charge in [-0.25, -0.2) is 0 Å². The zero-order chi connectivity index (χ0) is 12.1. The quantitative estimate of drug-likeness (QED) is 0.734. The van der Waals surface area contributed by atoms with Crippen LogP contribution >= 0.6 is 0 Å². The molecule has 2 heterocycles. The van der Waals surface area contributed by atoms with Gasteiger partial charge >= 0.3 is 0 Å². The largest absolute Gasteiger partial charge is 0.378 e. The Kier molecular flexibility index (Phi) is 4.26. The first-order valence-electron chi connectivity index (χ1n) is 6.34. The van der Waals surface area contributed by atoms with Gasteiger partial charge in [-0.15, -0.1) is 0 Å². The van der Waals surface area contributed by atoms with Crippen LogP contribution in [0.4, 0.5) is 0 Å². The molecule has 2 rings (SSSR count). The summed E-state index contributed by atoms with van der Waals surface area (Å²) in [7, 11) is 0. The molecular weight excluding hydrogens is 214 g/mol. The molecule has 92 valence electrons. The summed E-state index contributed by atoms with van der Waals surface area (Å²) in [5, 5.41) is 0. The molecule has 3 nitrogen and oxygen atoms in total. The Morgan fingerprint density at radius 2 is 2.47 bits per heavy atom. The van der Waals surface area contributed by atoms with Gasteiger partial charge in [-0.3, -0.25) is 9.78 Å². The van der Waals surface area contributed by atoms with Crippen LogP contribution in [0.25, 0.3) is 0 Å². The number of hydrogen-bond donors (Lipinski definition) is 0. The molecule has 0 aromatic carbocycles. The van der Waals surface area contributed by atoms with Crippen molar-refractivity contribution < 1.29 is 9.53 Å². The minimum absolute atomic E-state index is 0.154. The van der Waals surface area contributed by atoms with Crippen molar-refractivity contribution >= 4 is 5.78 Å². The molecule has 1 aliphatic rings. The molecule has 1 fully saturated rings. The van der Waals surface area contributed by atoms with Gasteiger partial charge in [0.2, 0.25) is 0 Å². The number of ether oxygens (including phenoxy) is 1. The van der Waals surface area contributed by atoms with Crippen molar-refractivity contribution in [1.29, 1.82) is 0 Å². The van der Waals surface area contributed by atoms with E-state index < -0.39 is 0 Å². The summed E-state index contributed by atoms with van der Waals surface area (Å²) in [6.07, 6.45) is 6.86. The molecule has 0 radical (unpaired) electrons. The predicted octanol–water partition coefficient (Wildman–Crippen LogP) is 2.92. The van der Waals surface area contributed by atoms with Crippen LogP contribution in [0.3, 0.4) is 0 Å². The van der Waals surface area contributed by atoms with E-state index in [1.807, 2.05) is 19.1 Å². The summed E-state index contributed by atoms with van der Waals surface area (Å²) in [6.45, 7) is 2.82. The monoisotopic (exact) mass is 233 g/mol. The molecule has 0 amide bonds. The van der Waals surface area contributed by atoms with Crippen molar-refractivity contribution in [2.24, 2.45) is 0 Å². The summed E-state index contributed by atoms with van der Waals surface area (Å²) in [4.78, 5) is 16.1. The highest BCUT2D eigenvalue weighted by Gasteiger charge is 2.16. The third kappa shape index (κ3) is 3.37. The first kappa shape index (κ1) is 12.2. The van der Waals surface area contributed by atoms with Gasteiger partial charge in [0, 0.05) is 19.2 Å². The lowest BCUT2D eigenvalue weighted by molar-refractivity contribution is 0.0919. The van der Waals surface area contributed by atoms with Gasteiger partial charge in [-0.05, 0) is 44.2 Å². The summed E-state index contributed by atoms with van der Waals surface area (Å²) in [5.74, 6) is 0.154. The Hall–Kier alpha value is -1.22. The van der Waals surface area contributed by atoms with Crippen LogP contribution in [-0.2, 0) is 4.74 Å². The topological polar surface area (TPSA) is 39.2 Å². The van der Waals surface area contributed by atoms with Gasteiger partial charge in [-0.1, -0.05) is 6.07 Å². The zero-order valence-corrected chi connectivity index (χ0v) is 10.3. The number of hydrogen-bond acceptors (Lipinski definition) is 3. The number of carbonyl (C=O) groups is 1. The van der Waals surface area contributed by atoms with Crippen LogP contribution in [0.15, 0.2) is 18.3 Å². The highest BCUT2D eigenvalue weighted by atomic mass is 16.5. The van der Waals surface area contributed by atoms with Gasteiger partial charge in [-0.2, -0.15) is 0 Å². The lowest BCUT2D eigenvalue weighted by atomic mass is 10.0. The summed E-state index contributed by atoms with van der Waals surface area (Å²) < 4.78 is 5.54. The molecule has 3 heteroatoms. The van der Waals surface area contributed by atoms with Crippen LogP contribution in [0.1, 0.15) is 48.2 Å². The predicted molar refractivity (Wildman–Crippen MR) is 66.1 cm³/mol. The second kappa shape index (κ2) is 5.92. The Bertz CT molecular complexity index is 384. The minimum atomic E-state index is 0.154. The maximum Gasteiger partial charge on any atom is 0.181 e. The maximum absolute atomic E-state index is 11.9. The lowest BCUT2D eigenvalue weighted by Gasteiger charge is -2.08. The Labute approximate surface area is 102 Å². The molecule has 1 aromatic heterocycles. The summed E-state index contributed by atoms with van der Waals surface area (Å²) in [5.41, 5.74) is 1.59. The average Bonchev–Trinajstić information content (AvgIpc) is 2.82. The fourth-order valence-electron chi connectivity index (χ4n) is 2.26. The van der Waals surface area contributed by atoms with Gasteiger partial charge in [0.05, 0.1) is 6.10 Å². The second-order valence-corrected chi connectivity index (χ2v) is 4.62. The van der Waals surface area contributed by atoms with Crippen LogP contribution in [0.5, 0.6) is 0 Å². The van der Waals surface area contributed by atoms with Crippen molar-refractivity contribution in [2.45, 2.75) is 45.1 Å². The van der Waals surface area contributed by atoms with E-state index in [4.69, 9.17) is 4.74 Å².